The number of hydrogen-bond donors (Lipinski definition) is 2. The molecule has 0 radical (unpaired) electrons. The molecule has 4 nitrogen and oxygen atoms in total. The smallest absolute Gasteiger partial charge is 0.375 e. The lowest BCUT2D eigenvalue weighted by atomic mass is 10.1. The fourth-order valence-electron chi connectivity index (χ4n) is 2.18. The monoisotopic (exact) mass is 356 g/mol. The van der Waals surface area contributed by atoms with Crippen LogP contribution in [0, 0.1) is 5.82 Å². The molecule has 2 aromatic carbocycles. The molecule has 0 heterocycles. The Morgan fingerprint density at radius 2 is 1.88 bits per heavy atom. The Hall–Kier alpha value is -2.61. The lowest BCUT2D eigenvalue weighted by molar-refractivity contribution is -0.137. The Bertz CT molecular complexity index is 735. The maximum Gasteiger partial charge on any atom is 0.416 e. The van der Waals surface area contributed by atoms with Gasteiger partial charge in [0.15, 0.2) is 0 Å². The normalized spacial score (nSPS) is 12.5. The first-order valence-electron chi connectivity index (χ1n) is 7.30. The third kappa shape index (κ3) is 5.46. The van der Waals surface area contributed by atoms with Crippen LogP contribution in [0.4, 0.5) is 28.0 Å². The number of alkyl halides is 3. The number of benzene rings is 2. The second-order valence-electron chi connectivity index (χ2n) is 5.19. The van der Waals surface area contributed by atoms with Gasteiger partial charge in [-0.25, -0.2) is 9.18 Å². The highest BCUT2D eigenvalue weighted by atomic mass is 19.4. The maximum atomic E-state index is 13.2. The van der Waals surface area contributed by atoms with Crippen molar-refractivity contribution in [2.45, 2.75) is 12.3 Å². The Labute approximate surface area is 141 Å². The van der Waals surface area contributed by atoms with Gasteiger partial charge in [0.25, 0.3) is 0 Å². The second-order valence-corrected chi connectivity index (χ2v) is 5.19. The second kappa shape index (κ2) is 7.98. The average molecular weight is 356 g/mol. The average Bonchev–Trinajstić information content (AvgIpc) is 2.55. The first kappa shape index (κ1) is 18.7. The van der Waals surface area contributed by atoms with Crippen LogP contribution in [-0.4, -0.2) is 19.7 Å². The molecule has 25 heavy (non-hydrogen) atoms. The van der Waals surface area contributed by atoms with Gasteiger partial charge < -0.3 is 15.4 Å². The van der Waals surface area contributed by atoms with Gasteiger partial charge in [0.05, 0.1) is 11.7 Å². The molecule has 1 atom stereocenters. The molecule has 2 aromatic rings. The Morgan fingerprint density at radius 3 is 2.52 bits per heavy atom. The molecule has 0 unspecified atom stereocenters. The van der Waals surface area contributed by atoms with Crippen LogP contribution in [0.25, 0.3) is 0 Å². The molecule has 2 N–H and O–H groups in total. The molecular formula is C17H16F4N2O2. The highest BCUT2D eigenvalue weighted by Crippen LogP contribution is 2.30. The number of ether oxygens (including phenoxy) is 1. The van der Waals surface area contributed by atoms with E-state index in [9.17, 15) is 22.4 Å². The summed E-state index contributed by atoms with van der Waals surface area (Å²) in [4.78, 5) is 11.9. The standard InChI is InChI=1S/C17H16F4N2O2/c1-25-15(11-4-2-6-13(18)8-11)10-22-16(24)23-14-7-3-5-12(9-14)17(19,20)21/h2-9,15H,10H2,1H3,(H2,22,23,24)/t15-/m0/s1. The fraction of sp³-hybridized carbons (Fsp3) is 0.235. The van der Waals surface area contributed by atoms with E-state index in [4.69, 9.17) is 4.74 Å². The van der Waals surface area contributed by atoms with Gasteiger partial charge in [0.1, 0.15) is 5.82 Å². The fourth-order valence-corrected chi connectivity index (χ4v) is 2.18. The number of hydrogen-bond acceptors (Lipinski definition) is 2. The summed E-state index contributed by atoms with van der Waals surface area (Å²) >= 11 is 0. The van der Waals surface area contributed by atoms with Crippen LogP contribution < -0.4 is 10.6 Å². The van der Waals surface area contributed by atoms with Gasteiger partial charge in [-0.2, -0.15) is 13.2 Å². The number of nitrogens with one attached hydrogen (secondary N) is 2. The molecule has 0 bridgehead atoms. The van der Waals surface area contributed by atoms with E-state index in [2.05, 4.69) is 10.6 Å². The van der Waals surface area contributed by atoms with Crippen LogP contribution in [-0.2, 0) is 10.9 Å². The third-order valence-corrected chi connectivity index (χ3v) is 3.40. The van der Waals surface area contributed by atoms with Crippen molar-refractivity contribution >= 4 is 11.7 Å². The molecular weight excluding hydrogens is 340 g/mol. The molecule has 0 saturated heterocycles. The minimum absolute atomic E-state index is 0.00653. The van der Waals surface area contributed by atoms with Crippen LogP contribution in [0.15, 0.2) is 48.5 Å². The van der Waals surface area contributed by atoms with Crippen molar-refractivity contribution in [2.75, 3.05) is 19.0 Å². The minimum Gasteiger partial charge on any atom is -0.375 e. The Morgan fingerprint density at radius 1 is 1.16 bits per heavy atom. The zero-order chi connectivity index (χ0) is 18.4. The lowest BCUT2D eigenvalue weighted by Crippen LogP contribution is -2.33. The quantitative estimate of drug-likeness (QED) is 0.783. The van der Waals surface area contributed by atoms with E-state index in [1.165, 1.54) is 37.4 Å². The first-order chi connectivity index (χ1) is 11.8. The van der Waals surface area contributed by atoms with Crippen molar-refractivity contribution in [3.63, 3.8) is 0 Å². The lowest BCUT2D eigenvalue weighted by Gasteiger charge is -2.17. The third-order valence-electron chi connectivity index (χ3n) is 3.40. The van der Waals surface area contributed by atoms with Crippen LogP contribution >= 0.6 is 0 Å². The molecule has 0 aliphatic carbocycles. The van der Waals surface area contributed by atoms with E-state index in [1.807, 2.05) is 0 Å². The van der Waals surface area contributed by atoms with Crippen molar-refractivity contribution in [1.29, 1.82) is 0 Å². The van der Waals surface area contributed by atoms with E-state index in [0.717, 1.165) is 12.1 Å². The molecule has 0 aliphatic rings. The van der Waals surface area contributed by atoms with Crippen molar-refractivity contribution in [3.05, 3.63) is 65.5 Å². The number of halogens is 4. The van der Waals surface area contributed by atoms with E-state index in [1.54, 1.807) is 6.07 Å². The van der Waals surface area contributed by atoms with Gasteiger partial charge >= 0.3 is 12.2 Å². The molecule has 0 aliphatic heterocycles. The molecule has 0 spiro atoms. The minimum atomic E-state index is -4.49. The summed E-state index contributed by atoms with van der Waals surface area (Å²) in [5, 5.41) is 4.80. The number of anilines is 1. The van der Waals surface area contributed by atoms with Crippen LogP contribution in [0.1, 0.15) is 17.2 Å². The van der Waals surface area contributed by atoms with Crippen molar-refractivity contribution in [1.82, 2.24) is 5.32 Å². The first-order valence-corrected chi connectivity index (χ1v) is 7.30. The molecule has 134 valence electrons. The van der Waals surface area contributed by atoms with Crippen LogP contribution in [0.2, 0.25) is 0 Å². The zero-order valence-electron chi connectivity index (χ0n) is 13.2. The highest BCUT2D eigenvalue weighted by Gasteiger charge is 2.30. The summed E-state index contributed by atoms with van der Waals surface area (Å²) in [6.45, 7) is 0.0186. The number of rotatable bonds is 5. The van der Waals surface area contributed by atoms with Gasteiger partial charge in [-0.05, 0) is 35.9 Å². The number of carbonyl (C=O) groups is 1. The predicted octanol–water partition coefficient (Wildman–Crippen LogP) is 4.35. The summed E-state index contributed by atoms with van der Waals surface area (Å²) in [5.41, 5.74) is -0.325. The van der Waals surface area contributed by atoms with Crippen LogP contribution in [0.3, 0.4) is 0 Å². The molecule has 0 fully saturated rings. The Kier molecular flexibility index (Phi) is 5.97. The molecule has 0 saturated carbocycles. The highest BCUT2D eigenvalue weighted by molar-refractivity contribution is 5.89. The SMILES string of the molecule is CO[C@@H](CNC(=O)Nc1cccc(C(F)(F)F)c1)c1cccc(F)c1. The Balaban J connectivity index is 1.96. The summed E-state index contributed by atoms with van der Waals surface area (Å²) in [7, 11) is 1.40. The number of methoxy groups -OCH3 is 1. The van der Waals surface area contributed by atoms with E-state index in [0.29, 0.717) is 5.56 Å². The summed E-state index contributed by atoms with van der Waals surface area (Å²) in [6, 6.07) is 9.30. The topological polar surface area (TPSA) is 50.4 Å². The number of amides is 2. The van der Waals surface area contributed by atoms with Gasteiger partial charge in [0, 0.05) is 19.3 Å². The number of urea groups is 1. The summed E-state index contributed by atoms with van der Waals surface area (Å²) in [6.07, 6.45) is -5.09. The van der Waals surface area contributed by atoms with Crippen molar-refractivity contribution < 1.29 is 27.1 Å². The molecule has 0 aromatic heterocycles. The summed E-state index contributed by atoms with van der Waals surface area (Å²) < 4.78 is 56.4. The largest absolute Gasteiger partial charge is 0.416 e. The van der Waals surface area contributed by atoms with E-state index in [-0.39, 0.29) is 12.2 Å². The molecule has 2 amide bonds. The number of carbonyl (C=O) groups excluding carboxylic acids is 1. The summed E-state index contributed by atoms with van der Waals surface area (Å²) in [5.74, 6) is -0.437. The van der Waals surface area contributed by atoms with Gasteiger partial charge in [-0.3, -0.25) is 0 Å². The zero-order valence-corrected chi connectivity index (χ0v) is 13.2. The molecule has 2 rings (SSSR count). The van der Waals surface area contributed by atoms with Gasteiger partial charge in [-0.1, -0.05) is 18.2 Å². The van der Waals surface area contributed by atoms with Crippen molar-refractivity contribution in [2.24, 2.45) is 0 Å². The van der Waals surface area contributed by atoms with Crippen LogP contribution in [0.5, 0.6) is 0 Å². The van der Waals surface area contributed by atoms with Gasteiger partial charge in [-0.15, -0.1) is 0 Å². The van der Waals surface area contributed by atoms with E-state index >= 15 is 0 Å². The maximum absolute atomic E-state index is 13.2. The van der Waals surface area contributed by atoms with E-state index < -0.39 is 29.7 Å². The molecule has 8 heteroatoms. The van der Waals surface area contributed by atoms with Crippen molar-refractivity contribution in [3.8, 4) is 0 Å². The predicted molar refractivity (Wildman–Crippen MR) is 84.6 cm³/mol. The van der Waals surface area contributed by atoms with Gasteiger partial charge in [0.2, 0.25) is 0 Å².